The van der Waals surface area contributed by atoms with Crippen LogP contribution >= 0.6 is 0 Å². The van der Waals surface area contributed by atoms with Gasteiger partial charge in [-0.25, -0.2) is 9.50 Å². The number of rotatable bonds is 5. The molecule has 0 saturated heterocycles. The maximum atomic E-state index is 12.8. The summed E-state index contributed by atoms with van der Waals surface area (Å²) in [5.41, 5.74) is 5.01. The number of benzene rings is 2. The molecular weight excluding hydrogens is 406 g/mol. The summed E-state index contributed by atoms with van der Waals surface area (Å²) in [7, 11) is 0. The topological polar surface area (TPSA) is 108 Å². The van der Waals surface area contributed by atoms with E-state index in [2.05, 4.69) is 20.7 Å². The molecule has 2 aromatic heterocycles. The number of nitrogens with zero attached hydrogens (tertiary/aromatic N) is 2. The van der Waals surface area contributed by atoms with Crippen LogP contribution in [0.25, 0.3) is 5.65 Å². The Morgan fingerprint density at radius 3 is 2.38 bits per heavy atom. The van der Waals surface area contributed by atoms with Crippen LogP contribution in [0.15, 0.2) is 59.4 Å². The number of hydrogen-bond donors (Lipinski definition) is 3. The zero-order chi connectivity index (χ0) is 22.8. The van der Waals surface area contributed by atoms with Crippen LogP contribution in [0, 0.1) is 20.8 Å². The van der Waals surface area contributed by atoms with Gasteiger partial charge in [0, 0.05) is 40.0 Å². The molecule has 4 rings (SSSR count). The number of aromatic amines is 1. The Morgan fingerprint density at radius 1 is 0.969 bits per heavy atom. The predicted molar refractivity (Wildman–Crippen MR) is 123 cm³/mol. The molecule has 0 radical (unpaired) electrons. The summed E-state index contributed by atoms with van der Waals surface area (Å²) in [5.74, 6) is -0.440. The maximum absolute atomic E-state index is 12.8. The number of aryl methyl sites for hydroxylation is 2. The minimum atomic E-state index is -0.244. The quantitative estimate of drug-likeness (QED) is 0.452. The van der Waals surface area contributed by atoms with Gasteiger partial charge in [0.1, 0.15) is 0 Å². The van der Waals surface area contributed by atoms with Gasteiger partial charge in [0.05, 0.1) is 6.42 Å². The van der Waals surface area contributed by atoms with E-state index in [1.165, 1.54) is 6.07 Å². The van der Waals surface area contributed by atoms with Gasteiger partial charge in [-0.15, -0.1) is 0 Å². The summed E-state index contributed by atoms with van der Waals surface area (Å²) in [6, 6.07) is 15.7. The molecule has 2 amide bonds. The van der Waals surface area contributed by atoms with Crippen LogP contribution in [0.4, 0.5) is 11.4 Å². The smallest absolute Gasteiger partial charge is 0.266 e. The van der Waals surface area contributed by atoms with Crippen molar-refractivity contribution in [3.8, 4) is 0 Å². The molecule has 0 saturated carbocycles. The minimum Gasteiger partial charge on any atom is -0.325 e. The molecule has 0 unspecified atom stereocenters. The van der Waals surface area contributed by atoms with E-state index in [9.17, 15) is 14.4 Å². The molecule has 0 aliphatic heterocycles. The third kappa shape index (κ3) is 4.15. The predicted octanol–water partition coefficient (Wildman–Crippen LogP) is 3.38. The molecule has 4 aromatic rings. The Balaban J connectivity index is 1.53. The first-order valence-electron chi connectivity index (χ1n) is 10.2. The van der Waals surface area contributed by atoms with Gasteiger partial charge in [-0.3, -0.25) is 19.5 Å². The Bertz CT molecular complexity index is 1390. The second-order valence-corrected chi connectivity index (χ2v) is 7.60. The molecule has 0 atom stereocenters. The summed E-state index contributed by atoms with van der Waals surface area (Å²) < 4.78 is 1.59. The highest BCUT2D eigenvalue weighted by atomic mass is 16.2. The average Bonchev–Trinajstić information content (AvgIpc) is 3.14. The fourth-order valence-electron chi connectivity index (χ4n) is 3.66. The average molecular weight is 429 g/mol. The summed E-state index contributed by atoms with van der Waals surface area (Å²) in [6.45, 7) is 5.49. The summed E-state index contributed by atoms with van der Waals surface area (Å²) in [4.78, 5) is 41.4. The van der Waals surface area contributed by atoms with Crippen molar-refractivity contribution < 1.29 is 9.59 Å². The van der Waals surface area contributed by atoms with E-state index in [4.69, 9.17) is 0 Å². The number of aromatic nitrogens is 3. The van der Waals surface area contributed by atoms with Crippen LogP contribution in [-0.2, 0) is 11.2 Å². The molecular formula is C24H23N5O3. The summed E-state index contributed by atoms with van der Waals surface area (Å²) >= 11 is 0. The number of carbonyl (C=O) groups excluding carboxylic acids is 2. The second kappa shape index (κ2) is 8.50. The van der Waals surface area contributed by atoms with Gasteiger partial charge >= 0.3 is 0 Å². The SMILES string of the molecule is Cc1nc2cc(=O)[nH]n2c(C)c1CC(=O)Nc1cccc(NC(=O)c2ccccc2)c1C. The lowest BCUT2D eigenvalue weighted by Crippen LogP contribution is -2.19. The first-order chi connectivity index (χ1) is 15.3. The first-order valence-corrected chi connectivity index (χ1v) is 10.2. The standard InChI is InChI=1S/C24H23N5O3/c1-14-19(10-7-11-20(14)27-24(32)17-8-5-4-6-9-17)26-22(30)12-18-15(2)25-21-13-23(31)28-29(21)16(18)3/h4-11,13H,12H2,1-3H3,(H,26,30)(H,27,32)(H,28,31). The van der Waals surface area contributed by atoms with Gasteiger partial charge in [0.2, 0.25) is 5.91 Å². The number of fused-ring (bicyclic) bond motifs is 1. The molecule has 2 heterocycles. The molecule has 8 nitrogen and oxygen atoms in total. The van der Waals surface area contributed by atoms with Crippen LogP contribution in [-0.4, -0.2) is 26.4 Å². The molecule has 3 N–H and O–H groups in total. The van der Waals surface area contributed by atoms with E-state index in [-0.39, 0.29) is 23.8 Å². The number of nitrogens with one attached hydrogen (secondary N) is 3. The van der Waals surface area contributed by atoms with Crippen LogP contribution in [0.5, 0.6) is 0 Å². The fraction of sp³-hybridized carbons (Fsp3) is 0.167. The van der Waals surface area contributed by atoms with Gasteiger partial charge in [0.25, 0.3) is 11.5 Å². The third-order valence-electron chi connectivity index (χ3n) is 5.43. The molecule has 8 heteroatoms. The Labute approximate surface area is 184 Å². The normalized spacial score (nSPS) is 10.8. The lowest BCUT2D eigenvalue weighted by atomic mass is 10.1. The monoisotopic (exact) mass is 429 g/mol. The van der Waals surface area contributed by atoms with E-state index >= 15 is 0 Å². The molecule has 0 spiro atoms. The minimum absolute atomic E-state index is 0.0981. The molecule has 32 heavy (non-hydrogen) atoms. The second-order valence-electron chi connectivity index (χ2n) is 7.60. The zero-order valence-corrected chi connectivity index (χ0v) is 18.0. The number of amides is 2. The van der Waals surface area contributed by atoms with Gasteiger partial charge in [-0.2, -0.15) is 0 Å². The Morgan fingerprint density at radius 2 is 1.66 bits per heavy atom. The highest BCUT2D eigenvalue weighted by molar-refractivity contribution is 6.05. The molecule has 162 valence electrons. The van der Waals surface area contributed by atoms with E-state index in [0.29, 0.717) is 28.3 Å². The molecule has 0 bridgehead atoms. The number of hydrogen-bond acceptors (Lipinski definition) is 4. The lowest BCUT2D eigenvalue weighted by Gasteiger charge is -2.15. The highest BCUT2D eigenvalue weighted by Crippen LogP contribution is 2.24. The number of carbonyl (C=O) groups is 2. The Hall–Kier alpha value is -4.20. The first kappa shape index (κ1) is 21.0. The van der Waals surface area contributed by atoms with Gasteiger partial charge < -0.3 is 10.6 Å². The van der Waals surface area contributed by atoms with Crippen LogP contribution in [0.3, 0.4) is 0 Å². The zero-order valence-electron chi connectivity index (χ0n) is 18.0. The van der Waals surface area contributed by atoms with Crippen LogP contribution in [0.1, 0.15) is 32.9 Å². The van der Waals surface area contributed by atoms with Gasteiger partial charge in [0.15, 0.2) is 5.65 Å². The maximum Gasteiger partial charge on any atom is 0.266 e. The lowest BCUT2D eigenvalue weighted by molar-refractivity contribution is -0.115. The van der Waals surface area contributed by atoms with E-state index in [1.54, 1.807) is 47.0 Å². The Kier molecular flexibility index (Phi) is 5.59. The van der Waals surface area contributed by atoms with E-state index in [0.717, 1.165) is 16.8 Å². The third-order valence-corrected chi connectivity index (χ3v) is 5.43. The van der Waals surface area contributed by atoms with Crippen LogP contribution < -0.4 is 16.2 Å². The fourth-order valence-corrected chi connectivity index (χ4v) is 3.66. The number of anilines is 2. The van der Waals surface area contributed by atoms with E-state index < -0.39 is 0 Å². The largest absolute Gasteiger partial charge is 0.325 e. The van der Waals surface area contributed by atoms with Crippen molar-refractivity contribution in [2.45, 2.75) is 27.2 Å². The van der Waals surface area contributed by atoms with Crippen molar-refractivity contribution in [2.24, 2.45) is 0 Å². The van der Waals surface area contributed by atoms with Crippen molar-refractivity contribution in [3.05, 3.63) is 93.0 Å². The molecule has 0 fully saturated rings. The van der Waals surface area contributed by atoms with Crippen LogP contribution in [0.2, 0.25) is 0 Å². The van der Waals surface area contributed by atoms with Crippen molar-refractivity contribution in [3.63, 3.8) is 0 Å². The summed E-state index contributed by atoms with van der Waals surface area (Å²) in [5, 5.41) is 8.51. The molecule has 2 aromatic carbocycles. The van der Waals surface area contributed by atoms with Gasteiger partial charge in [-0.1, -0.05) is 24.3 Å². The van der Waals surface area contributed by atoms with Crippen molar-refractivity contribution in [1.29, 1.82) is 0 Å². The molecule has 0 aliphatic rings. The van der Waals surface area contributed by atoms with Crippen molar-refractivity contribution in [2.75, 3.05) is 10.6 Å². The van der Waals surface area contributed by atoms with Gasteiger partial charge in [-0.05, 0) is 50.6 Å². The summed E-state index contributed by atoms with van der Waals surface area (Å²) in [6.07, 6.45) is 0.0981. The van der Waals surface area contributed by atoms with Crippen molar-refractivity contribution in [1.82, 2.24) is 14.6 Å². The van der Waals surface area contributed by atoms with E-state index in [1.807, 2.05) is 26.8 Å². The molecule has 0 aliphatic carbocycles. The van der Waals surface area contributed by atoms with Crippen molar-refractivity contribution >= 4 is 28.8 Å². The number of H-pyrrole nitrogens is 1. The highest BCUT2D eigenvalue weighted by Gasteiger charge is 2.16.